The number of halogens is 2. The van der Waals surface area contributed by atoms with Crippen molar-refractivity contribution in [3.8, 4) is 11.5 Å². The molecular weight excluding hydrogens is 343 g/mol. The van der Waals surface area contributed by atoms with Crippen molar-refractivity contribution < 1.29 is 10.2 Å². The Kier molecular flexibility index (Phi) is 6.28. The van der Waals surface area contributed by atoms with Crippen molar-refractivity contribution in [2.24, 2.45) is 5.92 Å². The molecule has 0 radical (unpaired) electrons. The van der Waals surface area contributed by atoms with Gasteiger partial charge in [-0.25, -0.2) is 0 Å². The van der Waals surface area contributed by atoms with E-state index in [9.17, 15) is 10.2 Å². The maximum atomic E-state index is 10.9. The minimum atomic E-state index is -0.182. The second-order valence-electron chi connectivity index (χ2n) is 6.75. The van der Waals surface area contributed by atoms with E-state index in [4.69, 9.17) is 23.2 Å². The summed E-state index contributed by atoms with van der Waals surface area (Å²) in [4.78, 5) is 0. The fourth-order valence-corrected chi connectivity index (χ4v) is 4.07. The largest absolute Gasteiger partial charge is 0.508 e. The summed E-state index contributed by atoms with van der Waals surface area (Å²) >= 11 is 12.1. The van der Waals surface area contributed by atoms with Crippen LogP contribution < -0.4 is 0 Å². The van der Waals surface area contributed by atoms with Gasteiger partial charge in [0.05, 0.1) is 0 Å². The number of hydrogen-bond donors (Lipinski definition) is 2. The van der Waals surface area contributed by atoms with E-state index in [-0.39, 0.29) is 27.8 Å². The van der Waals surface area contributed by atoms with Gasteiger partial charge in [0.25, 0.3) is 0 Å². The zero-order valence-corrected chi connectivity index (χ0v) is 16.2. The van der Waals surface area contributed by atoms with E-state index >= 15 is 0 Å². The molecule has 3 atom stereocenters. The Morgan fingerprint density at radius 2 is 2.00 bits per heavy atom. The Labute approximate surface area is 154 Å². The smallest absolute Gasteiger partial charge is 0.123 e. The molecule has 0 heterocycles. The zero-order chi connectivity index (χ0) is 18.0. The first kappa shape index (κ1) is 19.2. The van der Waals surface area contributed by atoms with Crippen LogP contribution in [0.1, 0.15) is 69.1 Å². The molecule has 2 N–H and O–H groups in total. The van der Waals surface area contributed by atoms with Gasteiger partial charge in [0.1, 0.15) is 16.0 Å². The quantitative estimate of drug-likeness (QED) is 0.457. The Hall–Kier alpha value is -1.12. The fourth-order valence-electron chi connectivity index (χ4n) is 3.70. The van der Waals surface area contributed by atoms with Gasteiger partial charge < -0.3 is 10.2 Å². The Morgan fingerprint density at radius 3 is 2.54 bits per heavy atom. The van der Waals surface area contributed by atoms with Crippen LogP contribution in [0.25, 0.3) is 0 Å². The lowest BCUT2D eigenvalue weighted by Crippen LogP contribution is -2.07. The fraction of sp³-hybridized carbons (Fsp3) is 0.500. The summed E-state index contributed by atoms with van der Waals surface area (Å²) < 4.78 is 0.210. The highest BCUT2D eigenvalue weighted by atomic mass is 35.5. The molecule has 0 saturated carbocycles. The number of rotatable bonds is 5. The lowest BCUT2D eigenvalue weighted by molar-refractivity contribution is 0.407. The number of aromatic hydroxyl groups is 2. The van der Waals surface area contributed by atoms with Crippen LogP contribution in [0.5, 0.6) is 11.5 Å². The molecule has 4 heteroatoms. The van der Waals surface area contributed by atoms with Crippen molar-refractivity contribution in [3.05, 3.63) is 45.0 Å². The summed E-state index contributed by atoms with van der Waals surface area (Å²) in [6, 6.07) is 1.71. The average Bonchev–Trinajstić information content (AvgIpc) is 2.91. The minimum absolute atomic E-state index is 0.167. The van der Waals surface area contributed by atoms with Gasteiger partial charge in [0, 0.05) is 29.0 Å². The molecule has 0 saturated heterocycles. The molecule has 1 aromatic rings. The molecule has 2 nitrogen and oxygen atoms in total. The molecule has 2 rings (SSSR count). The normalized spacial score (nSPS) is 19.6. The maximum absolute atomic E-state index is 10.9. The summed E-state index contributed by atoms with van der Waals surface area (Å²) in [7, 11) is 0. The Balaban J connectivity index is 2.57. The van der Waals surface area contributed by atoms with Gasteiger partial charge in [-0.3, -0.25) is 0 Å². The van der Waals surface area contributed by atoms with Crippen LogP contribution in [0.4, 0.5) is 0 Å². The van der Waals surface area contributed by atoms with Gasteiger partial charge >= 0.3 is 0 Å². The van der Waals surface area contributed by atoms with Crippen LogP contribution in [0.15, 0.2) is 28.3 Å². The van der Waals surface area contributed by atoms with Gasteiger partial charge in [-0.2, -0.15) is 0 Å². The van der Waals surface area contributed by atoms with Crippen molar-refractivity contribution in [1.29, 1.82) is 0 Å². The molecular formula is C20H26Cl2O2. The van der Waals surface area contributed by atoms with Crippen molar-refractivity contribution in [1.82, 2.24) is 0 Å². The molecule has 0 aliphatic heterocycles. The predicted molar refractivity (Wildman–Crippen MR) is 102 cm³/mol. The third-order valence-corrected chi connectivity index (χ3v) is 5.71. The Morgan fingerprint density at radius 1 is 1.33 bits per heavy atom. The van der Waals surface area contributed by atoms with E-state index in [0.29, 0.717) is 12.3 Å². The topological polar surface area (TPSA) is 40.5 Å². The predicted octanol–water partition coefficient (Wildman–Crippen LogP) is 6.54. The average molecular weight is 369 g/mol. The van der Waals surface area contributed by atoms with Gasteiger partial charge in [-0.1, -0.05) is 69.0 Å². The molecule has 1 aliphatic carbocycles. The highest BCUT2D eigenvalue weighted by Crippen LogP contribution is 2.51. The van der Waals surface area contributed by atoms with Crippen molar-refractivity contribution in [2.75, 3.05) is 0 Å². The third-order valence-electron chi connectivity index (χ3n) is 5.22. The van der Waals surface area contributed by atoms with Crippen LogP contribution in [0, 0.1) is 5.92 Å². The maximum Gasteiger partial charge on any atom is 0.123 e. The summed E-state index contributed by atoms with van der Waals surface area (Å²) in [5.74, 6) is 0.898. The molecule has 24 heavy (non-hydrogen) atoms. The van der Waals surface area contributed by atoms with E-state index < -0.39 is 0 Å². The number of benzene rings is 1. The van der Waals surface area contributed by atoms with Crippen LogP contribution in [-0.4, -0.2) is 10.2 Å². The number of phenolic OH excluding ortho intramolecular Hbond substituents is 2. The molecule has 0 spiro atoms. The molecule has 1 aliphatic rings. The molecule has 0 aromatic heterocycles. The summed E-state index contributed by atoms with van der Waals surface area (Å²) in [6.45, 7) is 8.36. The zero-order valence-electron chi connectivity index (χ0n) is 14.7. The van der Waals surface area contributed by atoms with E-state index in [0.717, 1.165) is 35.1 Å². The molecule has 3 unspecified atom stereocenters. The van der Waals surface area contributed by atoms with Crippen LogP contribution >= 0.6 is 23.2 Å². The minimum Gasteiger partial charge on any atom is -0.508 e. The molecule has 0 bridgehead atoms. The van der Waals surface area contributed by atoms with E-state index in [1.807, 2.05) is 19.1 Å². The third kappa shape index (κ3) is 3.45. The molecule has 0 amide bonds. The van der Waals surface area contributed by atoms with Crippen molar-refractivity contribution >= 4 is 23.2 Å². The highest BCUT2D eigenvalue weighted by Gasteiger charge is 2.34. The van der Waals surface area contributed by atoms with Gasteiger partial charge in [0.2, 0.25) is 0 Å². The van der Waals surface area contributed by atoms with Gasteiger partial charge in [-0.15, -0.1) is 0 Å². The van der Waals surface area contributed by atoms with Crippen LogP contribution in [0.2, 0.25) is 0 Å². The first-order valence-corrected chi connectivity index (χ1v) is 9.33. The first-order chi connectivity index (χ1) is 11.3. The number of fused-ring (bicyclic) bond motifs is 1. The van der Waals surface area contributed by atoms with Gasteiger partial charge in [-0.05, 0) is 30.4 Å². The SMILES string of the molecule is CC=CC1C(=C(Cl)Cl)Cc2c(O)c(C(C)C(C)CCC)cc(O)c21. The van der Waals surface area contributed by atoms with Gasteiger partial charge in [0.15, 0.2) is 0 Å². The summed E-state index contributed by atoms with van der Waals surface area (Å²) in [6.07, 6.45) is 6.51. The number of allylic oxidation sites excluding steroid dienone is 3. The summed E-state index contributed by atoms with van der Waals surface area (Å²) in [5.41, 5.74) is 3.10. The summed E-state index contributed by atoms with van der Waals surface area (Å²) in [5, 5.41) is 21.5. The van der Waals surface area contributed by atoms with E-state index in [2.05, 4.69) is 20.8 Å². The molecule has 0 fully saturated rings. The molecule has 1 aromatic carbocycles. The number of phenols is 2. The molecule has 132 valence electrons. The lowest BCUT2D eigenvalue weighted by Gasteiger charge is -2.23. The standard InChI is InChI=1S/C20H26Cl2O2/c1-5-7-11(3)12(4)14-10-17(23)18-13(8-6-2)15(20(21)22)9-16(18)19(14)24/h6,8,10-13,23-24H,5,7,9H2,1-4H3. The monoisotopic (exact) mass is 368 g/mol. The van der Waals surface area contributed by atoms with Crippen LogP contribution in [0.3, 0.4) is 0 Å². The number of hydrogen-bond acceptors (Lipinski definition) is 2. The Bertz CT molecular complexity index is 673. The lowest BCUT2D eigenvalue weighted by atomic mass is 9.83. The second-order valence-corrected chi connectivity index (χ2v) is 7.70. The van der Waals surface area contributed by atoms with Crippen molar-refractivity contribution in [3.63, 3.8) is 0 Å². The first-order valence-electron chi connectivity index (χ1n) is 8.57. The van der Waals surface area contributed by atoms with Crippen molar-refractivity contribution in [2.45, 2.75) is 58.8 Å². The second kappa shape index (κ2) is 7.84. The van der Waals surface area contributed by atoms with E-state index in [1.54, 1.807) is 6.07 Å². The highest BCUT2D eigenvalue weighted by molar-refractivity contribution is 6.56. The van der Waals surface area contributed by atoms with Crippen LogP contribution in [-0.2, 0) is 6.42 Å². The van der Waals surface area contributed by atoms with E-state index in [1.165, 1.54) is 0 Å².